The van der Waals surface area contributed by atoms with Crippen molar-refractivity contribution in [2.45, 2.75) is 26.3 Å². The Bertz CT molecular complexity index is 729. The Balaban J connectivity index is 1.80. The number of carbonyl (C=O) groups is 3. The quantitative estimate of drug-likeness (QED) is 0.655. The Hall–Kier alpha value is -2.85. The van der Waals surface area contributed by atoms with Gasteiger partial charge in [0.25, 0.3) is 0 Å². The van der Waals surface area contributed by atoms with E-state index in [1.807, 2.05) is 40.1 Å². The molecule has 0 spiro atoms. The van der Waals surface area contributed by atoms with Crippen LogP contribution in [-0.2, 0) is 20.9 Å². The third-order valence-electron chi connectivity index (χ3n) is 4.95. The molecule has 0 aliphatic carbocycles. The van der Waals surface area contributed by atoms with Gasteiger partial charge in [0, 0.05) is 52.6 Å². The maximum absolute atomic E-state index is 12.7. The fourth-order valence-corrected chi connectivity index (χ4v) is 3.33. The molecular formula is C22H30N4O3. The molecule has 0 saturated carbocycles. The Morgan fingerprint density at radius 2 is 1.90 bits per heavy atom. The van der Waals surface area contributed by atoms with E-state index in [0.717, 1.165) is 18.5 Å². The average Bonchev–Trinajstić information content (AvgIpc) is 2.95. The monoisotopic (exact) mass is 398 g/mol. The molecule has 1 N–H and O–H groups in total. The largest absolute Gasteiger partial charge is 0.344 e. The highest BCUT2D eigenvalue weighted by Crippen LogP contribution is 2.09. The van der Waals surface area contributed by atoms with Gasteiger partial charge in [-0.05, 0) is 12.0 Å². The Morgan fingerprint density at radius 1 is 1.14 bits per heavy atom. The predicted octanol–water partition coefficient (Wildman–Crippen LogP) is 0.709. The lowest BCUT2D eigenvalue weighted by Crippen LogP contribution is -2.40. The Kier molecular flexibility index (Phi) is 9.19. The van der Waals surface area contributed by atoms with Crippen molar-refractivity contribution in [3.63, 3.8) is 0 Å². The summed E-state index contributed by atoms with van der Waals surface area (Å²) in [5.74, 6) is 2.29. The molecule has 3 amide bonds. The highest BCUT2D eigenvalue weighted by atomic mass is 16.2. The average molecular weight is 399 g/mol. The van der Waals surface area contributed by atoms with Crippen LogP contribution < -0.4 is 5.32 Å². The first-order valence-corrected chi connectivity index (χ1v) is 9.99. The molecule has 0 unspecified atom stereocenters. The van der Waals surface area contributed by atoms with Crippen LogP contribution in [0.2, 0.25) is 0 Å². The second-order valence-electron chi connectivity index (χ2n) is 7.17. The number of benzene rings is 1. The van der Waals surface area contributed by atoms with Crippen LogP contribution in [0.25, 0.3) is 0 Å². The van der Waals surface area contributed by atoms with Gasteiger partial charge in [0.1, 0.15) is 0 Å². The van der Waals surface area contributed by atoms with Crippen molar-refractivity contribution in [2.24, 2.45) is 0 Å². The molecular weight excluding hydrogens is 368 g/mol. The van der Waals surface area contributed by atoms with Gasteiger partial charge in [-0.15, -0.1) is 6.42 Å². The molecule has 1 aliphatic heterocycles. The molecule has 0 atom stereocenters. The number of carbonyl (C=O) groups excluding carboxylic acids is 3. The zero-order valence-electron chi connectivity index (χ0n) is 17.1. The molecule has 1 saturated heterocycles. The predicted molar refractivity (Wildman–Crippen MR) is 112 cm³/mol. The third kappa shape index (κ3) is 7.96. The number of hydrogen-bond donors (Lipinski definition) is 1. The van der Waals surface area contributed by atoms with Crippen molar-refractivity contribution in [1.82, 2.24) is 20.0 Å². The summed E-state index contributed by atoms with van der Waals surface area (Å²) in [4.78, 5) is 42.0. The molecule has 29 heavy (non-hydrogen) atoms. The molecule has 156 valence electrons. The first-order chi connectivity index (χ1) is 14.0. The number of amides is 3. The molecule has 1 heterocycles. The minimum absolute atomic E-state index is 0.0401. The van der Waals surface area contributed by atoms with Crippen LogP contribution in [0.1, 0.15) is 25.3 Å². The molecule has 1 aliphatic rings. The van der Waals surface area contributed by atoms with E-state index in [1.54, 1.807) is 4.90 Å². The van der Waals surface area contributed by atoms with Crippen LogP contribution in [-0.4, -0.2) is 78.2 Å². The lowest BCUT2D eigenvalue weighted by Gasteiger charge is -2.25. The van der Waals surface area contributed by atoms with Crippen LogP contribution in [0.5, 0.6) is 0 Å². The highest BCUT2D eigenvalue weighted by molar-refractivity contribution is 5.79. The normalized spacial score (nSPS) is 14.6. The van der Waals surface area contributed by atoms with Gasteiger partial charge in [-0.2, -0.15) is 0 Å². The van der Waals surface area contributed by atoms with Crippen molar-refractivity contribution in [2.75, 3.05) is 45.8 Å². The van der Waals surface area contributed by atoms with E-state index in [9.17, 15) is 14.4 Å². The number of rotatable bonds is 8. The van der Waals surface area contributed by atoms with Crippen molar-refractivity contribution < 1.29 is 14.4 Å². The smallest absolute Gasteiger partial charge is 0.234 e. The molecule has 2 rings (SSSR count). The van der Waals surface area contributed by atoms with Crippen LogP contribution in [0.4, 0.5) is 0 Å². The maximum Gasteiger partial charge on any atom is 0.234 e. The highest BCUT2D eigenvalue weighted by Gasteiger charge is 2.21. The van der Waals surface area contributed by atoms with E-state index in [2.05, 4.69) is 11.2 Å². The Morgan fingerprint density at radius 3 is 2.59 bits per heavy atom. The van der Waals surface area contributed by atoms with Gasteiger partial charge in [-0.1, -0.05) is 36.3 Å². The van der Waals surface area contributed by atoms with Crippen molar-refractivity contribution >= 4 is 17.7 Å². The minimum atomic E-state index is -0.0965. The van der Waals surface area contributed by atoms with Gasteiger partial charge in [0.2, 0.25) is 17.7 Å². The molecule has 7 nitrogen and oxygen atoms in total. The van der Waals surface area contributed by atoms with Crippen LogP contribution in [0.3, 0.4) is 0 Å². The first-order valence-electron chi connectivity index (χ1n) is 9.99. The number of nitrogens with one attached hydrogen (secondary N) is 1. The fourth-order valence-electron chi connectivity index (χ4n) is 3.33. The standard InChI is InChI=1S/C22H30N4O3/c1-3-11-23-21(28)18-24-12-7-13-25(16-15-24)22(29)10-14-26(19(2)27)17-20-8-5-4-6-9-20/h1,4-6,8-9H,7,10-18H2,2H3,(H,23,28). The summed E-state index contributed by atoms with van der Waals surface area (Å²) in [5, 5.41) is 2.66. The van der Waals surface area contributed by atoms with Gasteiger partial charge < -0.3 is 15.1 Å². The van der Waals surface area contributed by atoms with E-state index >= 15 is 0 Å². The molecule has 1 aromatic rings. The second kappa shape index (κ2) is 11.9. The fraction of sp³-hybridized carbons (Fsp3) is 0.500. The first kappa shape index (κ1) is 22.4. The number of hydrogen-bond acceptors (Lipinski definition) is 4. The van der Waals surface area contributed by atoms with Gasteiger partial charge in [-0.3, -0.25) is 19.3 Å². The van der Waals surface area contributed by atoms with E-state index in [0.29, 0.717) is 45.7 Å². The molecule has 7 heteroatoms. The second-order valence-corrected chi connectivity index (χ2v) is 7.17. The summed E-state index contributed by atoms with van der Waals surface area (Å²) in [6.07, 6.45) is 6.27. The third-order valence-corrected chi connectivity index (χ3v) is 4.95. The van der Waals surface area contributed by atoms with Gasteiger partial charge >= 0.3 is 0 Å². The van der Waals surface area contributed by atoms with Crippen molar-refractivity contribution in [1.29, 1.82) is 0 Å². The minimum Gasteiger partial charge on any atom is -0.344 e. The number of nitrogens with zero attached hydrogens (tertiary/aromatic N) is 3. The van der Waals surface area contributed by atoms with Gasteiger partial charge in [0.05, 0.1) is 13.1 Å². The lowest BCUT2D eigenvalue weighted by atomic mass is 10.2. The van der Waals surface area contributed by atoms with E-state index in [4.69, 9.17) is 6.42 Å². The van der Waals surface area contributed by atoms with Gasteiger partial charge in [0.15, 0.2) is 0 Å². The van der Waals surface area contributed by atoms with Crippen LogP contribution >= 0.6 is 0 Å². The maximum atomic E-state index is 12.7. The van der Waals surface area contributed by atoms with Crippen LogP contribution in [0, 0.1) is 12.3 Å². The summed E-state index contributed by atoms with van der Waals surface area (Å²) < 4.78 is 0. The summed E-state index contributed by atoms with van der Waals surface area (Å²) in [6, 6.07) is 9.76. The summed E-state index contributed by atoms with van der Waals surface area (Å²) in [6.45, 7) is 5.62. The van der Waals surface area contributed by atoms with E-state index in [-0.39, 0.29) is 24.3 Å². The molecule has 0 bridgehead atoms. The molecule has 0 radical (unpaired) electrons. The topological polar surface area (TPSA) is 73.0 Å². The zero-order chi connectivity index (χ0) is 21.1. The lowest BCUT2D eigenvalue weighted by molar-refractivity contribution is -0.133. The summed E-state index contributed by atoms with van der Waals surface area (Å²) in [7, 11) is 0. The van der Waals surface area contributed by atoms with E-state index < -0.39 is 0 Å². The Labute approximate surface area is 173 Å². The van der Waals surface area contributed by atoms with Crippen molar-refractivity contribution in [3.05, 3.63) is 35.9 Å². The SMILES string of the molecule is C#CCNC(=O)CN1CCCN(C(=O)CCN(Cc2ccccc2)C(C)=O)CC1. The number of terminal acetylenes is 1. The van der Waals surface area contributed by atoms with Crippen LogP contribution in [0.15, 0.2) is 30.3 Å². The molecule has 0 aromatic heterocycles. The summed E-state index contributed by atoms with van der Waals surface area (Å²) in [5.41, 5.74) is 1.05. The summed E-state index contributed by atoms with van der Waals surface area (Å²) >= 11 is 0. The molecule has 1 aromatic carbocycles. The van der Waals surface area contributed by atoms with Crippen molar-refractivity contribution in [3.8, 4) is 12.3 Å². The zero-order valence-corrected chi connectivity index (χ0v) is 17.1. The molecule has 1 fully saturated rings. The van der Waals surface area contributed by atoms with E-state index in [1.165, 1.54) is 6.92 Å². The van der Waals surface area contributed by atoms with Gasteiger partial charge in [-0.25, -0.2) is 0 Å².